The Bertz CT molecular complexity index is 1080. The first-order chi connectivity index (χ1) is 13.7. The highest BCUT2D eigenvalue weighted by Gasteiger charge is 2.17. The van der Waals surface area contributed by atoms with Gasteiger partial charge in [-0.15, -0.1) is 0 Å². The number of hydrogen-bond donors (Lipinski definition) is 2. The highest BCUT2D eigenvalue weighted by Crippen LogP contribution is 2.26. The normalized spacial score (nSPS) is 10.7. The molecule has 8 heteroatoms. The fraction of sp³-hybridized carbons (Fsp3) is 0.190. The molecule has 2 aromatic carbocycles. The molecule has 1 aromatic heterocycles. The van der Waals surface area contributed by atoms with Gasteiger partial charge in [0.05, 0.1) is 28.5 Å². The zero-order valence-corrected chi connectivity index (χ0v) is 17.7. The molecule has 0 aliphatic rings. The van der Waals surface area contributed by atoms with Crippen LogP contribution in [0.4, 0.5) is 11.4 Å². The van der Waals surface area contributed by atoms with E-state index in [2.05, 4.69) is 15.7 Å². The Hall–Kier alpha value is -2.83. The van der Waals surface area contributed by atoms with E-state index in [9.17, 15) is 9.59 Å². The van der Waals surface area contributed by atoms with Gasteiger partial charge in [0.15, 0.2) is 0 Å². The SMILES string of the molecule is CC(=O)Nc1ccc(NC(=O)Cc2c(C)nn(-c3ccc(Cl)cc3)c2C)c(Cl)c1. The molecule has 0 saturated carbocycles. The van der Waals surface area contributed by atoms with Gasteiger partial charge in [-0.3, -0.25) is 9.59 Å². The molecule has 0 spiro atoms. The second kappa shape index (κ2) is 8.68. The third-order valence-electron chi connectivity index (χ3n) is 4.41. The van der Waals surface area contributed by atoms with E-state index < -0.39 is 0 Å². The summed E-state index contributed by atoms with van der Waals surface area (Å²) >= 11 is 12.2. The lowest BCUT2D eigenvalue weighted by Gasteiger charge is -2.10. The fourth-order valence-electron chi connectivity index (χ4n) is 3.02. The van der Waals surface area contributed by atoms with Crippen LogP contribution in [0.3, 0.4) is 0 Å². The average molecular weight is 431 g/mol. The van der Waals surface area contributed by atoms with E-state index in [0.29, 0.717) is 21.4 Å². The highest BCUT2D eigenvalue weighted by atomic mass is 35.5. The minimum absolute atomic E-state index is 0.162. The van der Waals surface area contributed by atoms with Crippen molar-refractivity contribution in [2.24, 2.45) is 0 Å². The quantitative estimate of drug-likeness (QED) is 0.601. The molecule has 0 bridgehead atoms. The van der Waals surface area contributed by atoms with Crippen molar-refractivity contribution >= 4 is 46.4 Å². The molecule has 150 valence electrons. The van der Waals surface area contributed by atoms with Crippen molar-refractivity contribution in [3.8, 4) is 5.69 Å². The minimum atomic E-state index is -0.207. The largest absolute Gasteiger partial charge is 0.326 e. The molecule has 0 aliphatic heterocycles. The van der Waals surface area contributed by atoms with Crippen LogP contribution in [0, 0.1) is 13.8 Å². The van der Waals surface area contributed by atoms with Gasteiger partial charge in [-0.1, -0.05) is 23.2 Å². The number of anilines is 2. The monoisotopic (exact) mass is 430 g/mol. The molecule has 29 heavy (non-hydrogen) atoms. The lowest BCUT2D eigenvalue weighted by molar-refractivity contribution is -0.116. The van der Waals surface area contributed by atoms with Crippen molar-refractivity contribution < 1.29 is 9.59 Å². The lowest BCUT2D eigenvalue weighted by atomic mass is 10.1. The van der Waals surface area contributed by atoms with E-state index in [4.69, 9.17) is 23.2 Å². The number of rotatable bonds is 5. The number of amides is 2. The number of aryl methyl sites for hydroxylation is 1. The molecule has 3 aromatic rings. The van der Waals surface area contributed by atoms with Gasteiger partial charge in [0.25, 0.3) is 0 Å². The van der Waals surface area contributed by atoms with Crippen LogP contribution >= 0.6 is 23.2 Å². The molecule has 0 radical (unpaired) electrons. The second-order valence-corrected chi connectivity index (χ2v) is 7.48. The molecule has 0 fully saturated rings. The van der Waals surface area contributed by atoms with E-state index in [0.717, 1.165) is 22.6 Å². The molecule has 2 N–H and O–H groups in total. The number of carbonyl (C=O) groups is 2. The lowest BCUT2D eigenvalue weighted by Crippen LogP contribution is -2.16. The number of halogens is 2. The summed E-state index contributed by atoms with van der Waals surface area (Å²) in [6, 6.07) is 12.3. The zero-order chi connectivity index (χ0) is 21.1. The number of benzene rings is 2. The molecular weight excluding hydrogens is 411 g/mol. The molecular formula is C21H20Cl2N4O2. The van der Waals surface area contributed by atoms with Gasteiger partial charge in [-0.25, -0.2) is 4.68 Å². The van der Waals surface area contributed by atoms with Crippen molar-refractivity contribution in [2.45, 2.75) is 27.2 Å². The number of carbonyl (C=O) groups excluding carboxylic acids is 2. The summed E-state index contributed by atoms with van der Waals surface area (Å²) in [6.45, 7) is 5.21. The van der Waals surface area contributed by atoms with Crippen LogP contribution in [0.1, 0.15) is 23.9 Å². The molecule has 0 aliphatic carbocycles. The Morgan fingerprint density at radius 1 is 1.03 bits per heavy atom. The predicted molar refractivity (Wildman–Crippen MR) is 116 cm³/mol. The highest BCUT2D eigenvalue weighted by molar-refractivity contribution is 6.34. The summed E-state index contributed by atoms with van der Waals surface area (Å²) < 4.78 is 1.80. The smallest absolute Gasteiger partial charge is 0.228 e. The summed E-state index contributed by atoms with van der Waals surface area (Å²) in [5.74, 6) is -0.400. The predicted octanol–water partition coefficient (Wildman–Crippen LogP) is 4.94. The second-order valence-electron chi connectivity index (χ2n) is 6.64. The molecule has 0 atom stereocenters. The van der Waals surface area contributed by atoms with Crippen molar-refractivity contribution in [1.29, 1.82) is 0 Å². The average Bonchev–Trinajstić information content (AvgIpc) is 2.92. The van der Waals surface area contributed by atoms with Crippen LogP contribution in [0.5, 0.6) is 0 Å². The summed E-state index contributed by atoms with van der Waals surface area (Å²) in [7, 11) is 0. The van der Waals surface area contributed by atoms with Gasteiger partial charge in [-0.2, -0.15) is 5.10 Å². The van der Waals surface area contributed by atoms with Crippen LogP contribution < -0.4 is 10.6 Å². The van der Waals surface area contributed by atoms with Crippen LogP contribution in [-0.2, 0) is 16.0 Å². The number of hydrogen-bond acceptors (Lipinski definition) is 3. The Labute approximate surface area is 178 Å². The van der Waals surface area contributed by atoms with Crippen molar-refractivity contribution in [3.05, 3.63) is 69.5 Å². The molecule has 0 unspecified atom stereocenters. The molecule has 2 amide bonds. The van der Waals surface area contributed by atoms with Crippen LogP contribution in [0.15, 0.2) is 42.5 Å². The summed E-state index contributed by atoms with van der Waals surface area (Å²) in [5.41, 5.74) is 4.43. The zero-order valence-electron chi connectivity index (χ0n) is 16.2. The minimum Gasteiger partial charge on any atom is -0.326 e. The first kappa shape index (κ1) is 20.9. The number of nitrogens with zero attached hydrogens (tertiary/aromatic N) is 2. The maximum Gasteiger partial charge on any atom is 0.228 e. The van der Waals surface area contributed by atoms with Gasteiger partial charge in [-0.05, 0) is 56.3 Å². The van der Waals surface area contributed by atoms with E-state index in [-0.39, 0.29) is 18.2 Å². The first-order valence-corrected chi connectivity index (χ1v) is 9.68. The summed E-state index contributed by atoms with van der Waals surface area (Å²) in [5, 5.41) is 11.0. The van der Waals surface area contributed by atoms with Gasteiger partial charge in [0.1, 0.15) is 0 Å². The molecule has 6 nitrogen and oxygen atoms in total. The van der Waals surface area contributed by atoms with E-state index >= 15 is 0 Å². The topological polar surface area (TPSA) is 76.0 Å². The molecule has 3 rings (SSSR count). The van der Waals surface area contributed by atoms with E-state index in [1.54, 1.807) is 35.0 Å². The first-order valence-electron chi connectivity index (χ1n) is 8.92. The van der Waals surface area contributed by atoms with Gasteiger partial charge in [0.2, 0.25) is 11.8 Å². The Kier molecular flexibility index (Phi) is 6.25. The van der Waals surface area contributed by atoms with Crippen molar-refractivity contribution in [1.82, 2.24) is 9.78 Å². The van der Waals surface area contributed by atoms with Gasteiger partial charge in [0, 0.05) is 28.9 Å². The van der Waals surface area contributed by atoms with Crippen LogP contribution in [0.25, 0.3) is 5.69 Å². The maximum absolute atomic E-state index is 12.6. The number of nitrogens with one attached hydrogen (secondary N) is 2. The molecule has 1 heterocycles. The Morgan fingerprint density at radius 2 is 1.72 bits per heavy atom. The van der Waals surface area contributed by atoms with E-state index in [1.807, 2.05) is 26.0 Å². The van der Waals surface area contributed by atoms with Crippen LogP contribution in [0.2, 0.25) is 10.0 Å². The van der Waals surface area contributed by atoms with Crippen molar-refractivity contribution in [2.75, 3.05) is 10.6 Å². The van der Waals surface area contributed by atoms with Gasteiger partial charge < -0.3 is 10.6 Å². The van der Waals surface area contributed by atoms with Crippen LogP contribution in [-0.4, -0.2) is 21.6 Å². The number of aromatic nitrogens is 2. The van der Waals surface area contributed by atoms with Crippen molar-refractivity contribution in [3.63, 3.8) is 0 Å². The summed E-state index contributed by atoms with van der Waals surface area (Å²) in [4.78, 5) is 23.7. The van der Waals surface area contributed by atoms with E-state index in [1.165, 1.54) is 6.92 Å². The standard InChI is InChI=1S/C21H20Cl2N4O2/c1-12-18(13(2)27(26-12)17-7-4-15(22)5-8-17)11-21(29)25-20-9-6-16(10-19(20)23)24-14(3)28/h4-10H,11H2,1-3H3,(H,24,28)(H,25,29). The van der Waals surface area contributed by atoms with Gasteiger partial charge >= 0.3 is 0 Å². The third kappa shape index (κ3) is 4.96. The summed E-state index contributed by atoms with van der Waals surface area (Å²) in [6.07, 6.45) is 0.162. The Morgan fingerprint density at radius 3 is 2.34 bits per heavy atom. The Balaban J connectivity index is 1.76. The fourth-order valence-corrected chi connectivity index (χ4v) is 3.37. The molecule has 0 saturated heterocycles. The maximum atomic E-state index is 12.6. The third-order valence-corrected chi connectivity index (χ3v) is 4.98.